The van der Waals surface area contributed by atoms with Gasteiger partial charge in [0.2, 0.25) is 5.91 Å². The van der Waals surface area contributed by atoms with E-state index in [2.05, 4.69) is 26.9 Å². The van der Waals surface area contributed by atoms with Crippen molar-refractivity contribution in [2.75, 3.05) is 5.75 Å². The lowest BCUT2D eigenvalue weighted by molar-refractivity contribution is -0.117. The zero-order valence-corrected chi connectivity index (χ0v) is 12.6. The normalized spacial score (nSPS) is 14.3. The highest BCUT2D eigenvalue weighted by molar-refractivity contribution is 7.99. The summed E-state index contributed by atoms with van der Waals surface area (Å²) in [5.74, 6) is 1.98. The highest BCUT2D eigenvalue weighted by atomic mass is 32.2. The third-order valence-corrected chi connectivity index (χ3v) is 4.42. The molecule has 1 aromatic heterocycles. The Kier molecular flexibility index (Phi) is 4.24. The molecule has 21 heavy (non-hydrogen) atoms. The molecule has 1 fully saturated rings. The Morgan fingerprint density at radius 1 is 1.29 bits per heavy atom. The first kappa shape index (κ1) is 14.1. The monoisotopic (exact) mass is 302 g/mol. The van der Waals surface area contributed by atoms with E-state index in [-0.39, 0.29) is 5.91 Å². The number of carbonyl (C=O) groups excluding carboxylic acids is 1. The first-order chi connectivity index (χ1) is 10.2. The Bertz CT molecular complexity index is 622. The van der Waals surface area contributed by atoms with Gasteiger partial charge in [0.1, 0.15) is 5.82 Å². The van der Waals surface area contributed by atoms with Crippen LogP contribution in [0.5, 0.6) is 0 Å². The lowest BCUT2D eigenvalue weighted by Gasteiger charge is -2.09. The number of hydrogen-bond donors (Lipinski definition) is 1. The molecule has 110 valence electrons. The molecule has 0 bridgehead atoms. The Hall–Kier alpha value is -1.82. The SMILES string of the molecule is NC(=O)CCSc1nnc(C2CC2)n1Cc1ccccc1. The first-order valence-electron chi connectivity index (χ1n) is 7.12. The molecule has 6 heteroatoms. The minimum Gasteiger partial charge on any atom is -0.370 e. The van der Waals surface area contributed by atoms with Crippen molar-refractivity contribution in [1.82, 2.24) is 14.8 Å². The molecule has 2 N–H and O–H groups in total. The van der Waals surface area contributed by atoms with Crippen molar-refractivity contribution in [2.45, 2.75) is 36.9 Å². The summed E-state index contributed by atoms with van der Waals surface area (Å²) in [5.41, 5.74) is 6.42. The summed E-state index contributed by atoms with van der Waals surface area (Å²) in [6.45, 7) is 0.776. The second-order valence-corrected chi connectivity index (χ2v) is 6.31. The average Bonchev–Trinajstić information content (AvgIpc) is 3.24. The maximum absolute atomic E-state index is 10.9. The van der Waals surface area contributed by atoms with Gasteiger partial charge in [0, 0.05) is 18.1 Å². The summed E-state index contributed by atoms with van der Waals surface area (Å²) < 4.78 is 2.18. The summed E-state index contributed by atoms with van der Waals surface area (Å²) in [5, 5.41) is 9.52. The quantitative estimate of drug-likeness (QED) is 0.796. The maximum Gasteiger partial charge on any atom is 0.218 e. The Morgan fingerprint density at radius 3 is 2.71 bits per heavy atom. The fraction of sp³-hybridized carbons (Fsp3) is 0.400. The van der Waals surface area contributed by atoms with E-state index in [0.717, 1.165) is 17.5 Å². The van der Waals surface area contributed by atoms with Crippen LogP contribution in [0.4, 0.5) is 0 Å². The minimum absolute atomic E-state index is 0.279. The standard InChI is InChI=1S/C15H18N4OS/c16-13(20)8-9-21-15-18-17-14(12-6-7-12)19(15)10-11-4-2-1-3-5-11/h1-5,12H,6-10H2,(H2,16,20). The summed E-state index contributed by atoms with van der Waals surface area (Å²) in [6, 6.07) is 10.3. The molecule has 0 radical (unpaired) electrons. The zero-order valence-electron chi connectivity index (χ0n) is 11.7. The smallest absolute Gasteiger partial charge is 0.218 e. The number of hydrogen-bond acceptors (Lipinski definition) is 4. The number of amides is 1. The van der Waals surface area contributed by atoms with Crippen LogP contribution in [-0.4, -0.2) is 26.4 Å². The van der Waals surface area contributed by atoms with Gasteiger partial charge >= 0.3 is 0 Å². The van der Waals surface area contributed by atoms with E-state index in [1.54, 1.807) is 11.8 Å². The van der Waals surface area contributed by atoms with Gasteiger partial charge in [-0.2, -0.15) is 0 Å². The van der Waals surface area contributed by atoms with E-state index in [4.69, 9.17) is 5.73 Å². The molecule has 1 aliphatic rings. The molecule has 0 atom stereocenters. The molecule has 0 aliphatic heterocycles. The molecule has 3 rings (SSSR count). The lowest BCUT2D eigenvalue weighted by Crippen LogP contribution is -2.11. The molecule has 0 saturated heterocycles. The summed E-state index contributed by atoms with van der Waals surface area (Å²) in [4.78, 5) is 10.9. The topological polar surface area (TPSA) is 73.8 Å². The number of carbonyl (C=O) groups is 1. The van der Waals surface area contributed by atoms with Gasteiger partial charge in [-0.25, -0.2) is 0 Å². The predicted octanol–water partition coefficient (Wildman–Crippen LogP) is 2.17. The third-order valence-electron chi connectivity index (χ3n) is 3.45. The van der Waals surface area contributed by atoms with Crippen LogP contribution < -0.4 is 5.73 Å². The Morgan fingerprint density at radius 2 is 2.05 bits per heavy atom. The van der Waals surface area contributed by atoms with Crippen molar-refractivity contribution in [3.05, 3.63) is 41.7 Å². The fourth-order valence-corrected chi connectivity index (χ4v) is 3.11. The van der Waals surface area contributed by atoms with E-state index in [0.29, 0.717) is 18.1 Å². The van der Waals surface area contributed by atoms with Crippen molar-refractivity contribution in [1.29, 1.82) is 0 Å². The highest BCUT2D eigenvalue weighted by Gasteiger charge is 2.30. The van der Waals surface area contributed by atoms with Crippen LogP contribution in [0.15, 0.2) is 35.5 Å². The molecule has 5 nitrogen and oxygen atoms in total. The maximum atomic E-state index is 10.9. The van der Waals surface area contributed by atoms with Gasteiger partial charge in [0.15, 0.2) is 5.16 Å². The molecule has 1 aromatic carbocycles. The molecular weight excluding hydrogens is 284 g/mol. The van der Waals surface area contributed by atoms with E-state index in [9.17, 15) is 4.79 Å². The number of nitrogens with zero attached hydrogens (tertiary/aromatic N) is 3. The van der Waals surface area contributed by atoms with Crippen LogP contribution in [0.25, 0.3) is 0 Å². The van der Waals surface area contributed by atoms with Crippen molar-refractivity contribution in [3.8, 4) is 0 Å². The van der Waals surface area contributed by atoms with Crippen LogP contribution in [-0.2, 0) is 11.3 Å². The average molecular weight is 302 g/mol. The van der Waals surface area contributed by atoms with Crippen molar-refractivity contribution in [2.24, 2.45) is 5.73 Å². The van der Waals surface area contributed by atoms with Gasteiger partial charge in [-0.05, 0) is 18.4 Å². The van der Waals surface area contributed by atoms with Crippen molar-refractivity contribution < 1.29 is 4.79 Å². The van der Waals surface area contributed by atoms with E-state index < -0.39 is 0 Å². The van der Waals surface area contributed by atoms with E-state index in [1.165, 1.54) is 18.4 Å². The van der Waals surface area contributed by atoms with Crippen molar-refractivity contribution in [3.63, 3.8) is 0 Å². The van der Waals surface area contributed by atoms with Crippen LogP contribution >= 0.6 is 11.8 Å². The molecule has 1 aliphatic carbocycles. The molecule has 1 amide bonds. The molecule has 0 spiro atoms. The second kappa shape index (κ2) is 6.30. The van der Waals surface area contributed by atoms with E-state index in [1.807, 2.05) is 18.2 Å². The fourth-order valence-electron chi connectivity index (χ4n) is 2.21. The minimum atomic E-state index is -0.279. The van der Waals surface area contributed by atoms with Crippen LogP contribution in [0.2, 0.25) is 0 Å². The van der Waals surface area contributed by atoms with Gasteiger partial charge in [-0.15, -0.1) is 10.2 Å². The number of benzene rings is 1. The van der Waals surface area contributed by atoms with Gasteiger partial charge < -0.3 is 10.3 Å². The number of rotatable bonds is 7. The van der Waals surface area contributed by atoms with Gasteiger partial charge in [-0.1, -0.05) is 42.1 Å². The second-order valence-electron chi connectivity index (χ2n) is 5.25. The van der Waals surface area contributed by atoms with Gasteiger partial charge in [-0.3, -0.25) is 4.79 Å². The predicted molar refractivity (Wildman–Crippen MR) is 82.1 cm³/mol. The zero-order chi connectivity index (χ0) is 14.7. The first-order valence-corrected chi connectivity index (χ1v) is 8.10. The summed E-state index contributed by atoms with van der Waals surface area (Å²) in [7, 11) is 0. The number of aromatic nitrogens is 3. The van der Waals surface area contributed by atoms with Crippen LogP contribution in [0.1, 0.15) is 36.6 Å². The molecule has 2 aromatic rings. The molecule has 1 heterocycles. The van der Waals surface area contributed by atoms with Gasteiger partial charge in [0.05, 0.1) is 6.54 Å². The summed E-state index contributed by atoms with van der Waals surface area (Å²) in [6.07, 6.45) is 2.75. The van der Waals surface area contributed by atoms with Gasteiger partial charge in [0.25, 0.3) is 0 Å². The molecular formula is C15H18N4OS. The number of primary amides is 1. The Balaban J connectivity index is 1.78. The number of nitrogens with two attached hydrogens (primary N) is 1. The third kappa shape index (κ3) is 3.64. The highest BCUT2D eigenvalue weighted by Crippen LogP contribution is 2.40. The largest absolute Gasteiger partial charge is 0.370 e. The lowest BCUT2D eigenvalue weighted by atomic mass is 10.2. The molecule has 0 unspecified atom stereocenters. The number of thioether (sulfide) groups is 1. The molecule has 1 saturated carbocycles. The van der Waals surface area contributed by atoms with Crippen LogP contribution in [0.3, 0.4) is 0 Å². The van der Waals surface area contributed by atoms with E-state index >= 15 is 0 Å². The van der Waals surface area contributed by atoms with Crippen LogP contribution in [0, 0.1) is 0 Å². The summed E-state index contributed by atoms with van der Waals surface area (Å²) >= 11 is 1.55. The Labute approximate surface area is 127 Å². The van der Waals surface area contributed by atoms with Crippen molar-refractivity contribution >= 4 is 17.7 Å².